The van der Waals surface area contributed by atoms with Crippen LogP contribution in [0.15, 0.2) is 42.5 Å². The number of rotatable bonds is 4. The van der Waals surface area contributed by atoms with E-state index in [4.69, 9.17) is 16.3 Å². The zero-order valence-electron chi connectivity index (χ0n) is 12.3. The Morgan fingerprint density at radius 1 is 1.30 bits per heavy atom. The van der Waals surface area contributed by atoms with Crippen LogP contribution in [0.3, 0.4) is 0 Å². The van der Waals surface area contributed by atoms with Crippen LogP contribution in [0.2, 0.25) is 5.02 Å². The maximum atomic E-state index is 12.2. The molecule has 2 aromatic carbocycles. The van der Waals surface area contributed by atoms with Gasteiger partial charge in [-0.15, -0.1) is 0 Å². The molecule has 0 spiro atoms. The second-order valence-corrected chi connectivity index (χ2v) is 5.27. The van der Waals surface area contributed by atoms with Crippen LogP contribution in [0.4, 0.5) is 0 Å². The van der Waals surface area contributed by atoms with Gasteiger partial charge in [0, 0.05) is 16.3 Å². The number of carbonyl (C=O) groups is 2. The summed E-state index contributed by atoms with van der Waals surface area (Å²) in [6.07, 6.45) is 0.738. The highest BCUT2D eigenvalue weighted by molar-refractivity contribution is 6.30. The van der Waals surface area contributed by atoms with Crippen molar-refractivity contribution in [3.8, 4) is 5.69 Å². The van der Waals surface area contributed by atoms with Crippen LogP contribution in [0.25, 0.3) is 16.7 Å². The number of halogens is 1. The Bertz CT molecular complexity index is 902. The van der Waals surface area contributed by atoms with E-state index >= 15 is 0 Å². The average Bonchev–Trinajstić information content (AvgIpc) is 2.93. The second kappa shape index (κ2) is 6.22. The molecule has 0 saturated carbocycles. The molecule has 23 heavy (non-hydrogen) atoms. The van der Waals surface area contributed by atoms with Crippen molar-refractivity contribution in [2.45, 2.75) is 6.92 Å². The molecule has 0 aliphatic heterocycles. The molecule has 0 bridgehead atoms. The van der Waals surface area contributed by atoms with Gasteiger partial charge in [-0.05, 0) is 43.3 Å². The molecule has 0 saturated heterocycles. The standard InChI is InChI=1S/C17H13ClN2O3/c1-2-23-17(22)16-19-14-8-11(10-21)6-7-15(14)20(16)13-5-3-4-12(18)9-13/h3-10H,2H2,1H3. The molecule has 1 aromatic heterocycles. The fourth-order valence-electron chi connectivity index (χ4n) is 2.38. The molecule has 3 aromatic rings. The predicted molar refractivity (Wildman–Crippen MR) is 87.4 cm³/mol. The lowest BCUT2D eigenvalue weighted by Crippen LogP contribution is -2.12. The molecule has 0 radical (unpaired) electrons. The van der Waals surface area contributed by atoms with Crippen LogP contribution >= 0.6 is 11.6 Å². The molecule has 0 fully saturated rings. The lowest BCUT2D eigenvalue weighted by molar-refractivity contribution is 0.0510. The lowest BCUT2D eigenvalue weighted by atomic mass is 10.2. The number of hydrogen-bond acceptors (Lipinski definition) is 4. The topological polar surface area (TPSA) is 61.2 Å². The third-order valence-electron chi connectivity index (χ3n) is 3.34. The number of carbonyl (C=O) groups excluding carboxylic acids is 2. The first-order valence-electron chi connectivity index (χ1n) is 7.04. The SMILES string of the molecule is CCOC(=O)c1nc2cc(C=O)ccc2n1-c1cccc(Cl)c1. The molecule has 5 nitrogen and oxygen atoms in total. The number of nitrogens with zero attached hydrogens (tertiary/aromatic N) is 2. The van der Waals surface area contributed by atoms with Crippen LogP contribution in [0.1, 0.15) is 27.9 Å². The maximum absolute atomic E-state index is 12.2. The smallest absolute Gasteiger partial charge is 0.374 e. The van der Waals surface area contributed by atoms with Gasteiger partial charge in [-0.3, -0.25) is 9.36 Å². The van der Waals surface area contributed by atoms with Crippen LogP contribution in [0.5, 0.6) is 0 Å². The van der Waals surface area contributed by atoms with E-state index in [9.17, 15) is 9.59 Å². The third-order valence-corrected chi connectivity index (χ3v) is 3.57. The highest BCUT2D eigenvalue weighted by Gasteiger charge is 2.20. The summed E-state index contributed by atoms with van der Waals surface area (Å²) in [5.74, 6) is -0.386. The highest BCUT2D eigenvalue weighted by atomic mass is 35.5. The van der Waals surface area contributed by atoms with Crippen LogP contribution < -0.4 is 0 Å². The lowest BCUT2D eigenvalue weighted by Gasteiger charge is -2.09. The van der Waals surface area contributed by atoms with Crippen molar-refractivity contribution in [3.05, 3.63) is 58.9 Å². The molecule has 6 heteroatoms. The zero-order valence-corrected chi connectivity index (χ0v) is 13.1. The number of fused-ring (bicyclic) bond motifs is 1. The number of aromatic nitrogens is 2. The predicted octanol–water partition coefficient (Wildman–Crippen LogP) is 3.67. The van der Waals surface area contributed by atoms with Gasteiger partial charge in [0.1, 0.15) is 6.29 Å². The van der Waals surface area contributed by atoms with E-state index in [1.807, 2.05) is 6.07 Å². The Hall–Kier alpha value is -2.66. The molecule has 1 heterocycles. The van der Waals surface area contributed by atoms with E-state index in [2.05, 4.69) is 4.98 Å². The first kappa shape index (κ1) is 15.2. The van der Waals surface area contributed by atoms with Crippen molar-refractivity contribution in [2.24, 2.45) is 0 Å². The minimum Gasteiger partial charge on any atom is -0.460 e. The molecule has 0 amide bonds. The van der Waals surface area contributed by atoms with Crippen molar-refractivity contribution in [1.29, 1.82) is 0 Å². The zero-order chi connectivity index (χ0) is 16.4. The molecule has 116 valence electrons. The molecule has 0 unspecified atom stereocenters. The van der Waals surface area contributed by atoms with E-state index < -0.39 is 5.97 Å². The molecular weight excluding hydrogens is 316 g/mol. The summed E-state index contributed by atoms with van der Waals surface area (Å²) < 4.78 is 6.76. The van der Waals surface area contributed by atoms with E-state index in [0.29, 0.717) is 27.3 Å². The number of benzene rings is 2. The van der Waals surface area contributed by atoms with Crippen molar-refractivity contribution < 1.29 is 14.3 Å². The average molecular weight is 329 g/mol. The number of esters is 1. The van der Waals surface area contributed by atoms with Gasteiger partial charge >= 0.3 is 5.97 Å². The van der Waals surface area contributed by atoms with Crippen molar-refractivity contribution in [2.75, 3.05) is 6.61 Å². The van der Waals surface area contributed by atoms with Crippen LogP contribution in [0, 0.1) is 0 Å². The number of imidazole rings is 1. The number of ether oxygens (including phenoxy) is 1. The van der Waals surface area contributed by atoms with E-state index in [1.54, 1.807) is 47.9 Å². The van der Waals surface area contributed by atoms with E-state index in [-0.39, 0.29) is 12.4 Å². The fraction of sp³-hybridized carbons (Fsp3) is 0.118. The summed E-state index contributed by atoms with van der Waals surface area (Å²) in [5, 5.41) is 0.545. The first-order valence-corrected chi connectivity index (χ1v) is 7.42. The quantitative estimate of drug-likeness (QED) is 0.541. The summed E-state index contributed by atoms with van der Waals surface area (Å²) in [5.41, 5.74) is 2.42. The maximum Gasteiger partial charge on any atom is 0.374 e. The highest BCUT2D eigenvalue weighted by Crippen LogP contribution is 2.24. The Balaban J connectivity index is 2.29. The largest absolute Gasteiger partial charge is 0.460 e. The van der Waals surface area contributed by atoms with Gasteiger partial charge in [-0.1, -0.05) is 17.7 Å². The van der Waals surface area contributed by atoms with Gasteiger partial charge in [0.05, 0.1) is 17.6 Å². The Morgan fingerprint density at radius 2 is 2.13 bits per heavy atom. The van der Waals surface area contributed by atoms with Gasteiger partial charge in [0.2, 0.25) is 5.82 Å². The molecule has 0 atom stereocenters. The van der Waals surface area contributed by atoms with E-state index in [1.165, 1.54) is 0 Å². The molecule has 0 aliphatic rings. The van der Waals surface area contributed by atoms with Gasteiger partial charge in [-0.25, -0.2) is 9.78 Å². The van der Waals surface area contributed by atoms with Crippen LogP contribution in [-0.4, -0.2) is 28.4 Å². The van der Waals surface area contributed by atoms with Gasteiger partial charge < -0.3 is 4.74 Å². The van der Waals surface area contributed by atoms with Gasteiger partial charge in [0.25, 0.3) is 0 Å². The van der Waals surface area contributed by atoms with Crippen molar-refractivity contribution in [1.82, 2.24) is 9.55 Å². The normalized spacial score (nSPS) is 10.7. The van der Waals surface area contributed by atoms with E-state index in [0.717, 1.165) is 6.29 Å². The Morgan fingerprint density at radius 3 is 2.83 bits per heavy atom. The van der Waals surface area contributed by atoms with Crippen molar-refractivity contribution >= 4 is 34.9 Å². The van der Waals surface area contributed by atoms with Crippen molar-refractivity contribution in [3.63, 3.8) is 0 Å². The number of aldehydes is 1. The third kappa shape index (κ3) is 2.83. The first-order chi connectivity index (χ1) is 11.1. The summed E-state index contributed by atoms with van der Waals surface area (Å²) in [7, 11) is 0. The molecular formula is C17H13ClN2O3. The van der Waals surface area contributed by atoms with Gasteiger partial charge in [0.15, 0.2) is 0 Å². The summed E-state index contributed by atoms with van der Waals surface area (Å²) in [4.78, 5) is 27.5. The Labute approximate surface area is 137 Å². The summed E-state index contributed by atoms with van der Waals surface area (Å²) in [6.45, 7) is 1.98. The number of hydrogen-bond donors (Lipinski definition) is 0. The Kier molecular flexibility index (Phi) is 4.12. The minimum atomic E-state index is -0.531. The fourth-order valence-corrected chi connectivity index (χ4v) is 2.56. The van der Waals surface area contributed by atoms with Crippen LogP contribution in [-0.2, 0) is 4.74 Å². The minimum absolute atomic E-state index is 0.146. The monoisotopic (exact) mass is 328 g/mol. The molecule has 3 rings (SSSR count). The van der Waals surface area contributed by atoms with Gasteiger partial charge in [-0.2, -0.15) is 0 Å². The molecule has 0 aliphatic carbocycles. The summed E-state index contributed by atoms with van der Waals surface area (Å²) in [6, 6.07) is 12.1. The molecule has 0 N–H and O–H groups in total. The summed E-state index contributed by atoms with van der Waals surface area (Å²) >= 11 is 6.06. The second-order valence-electron chi connectivity index (χ2n) is 4.84.